The molecular weight excluding hydrogens is 422 g/mol. The first-order chi connectivity index (χ1) is 12.1. The topological polar surface area (TPSA) is 47.8 Å². The third kappa shape index (κ3) is 4.32. The molecule has 25 heavy (non-hydrogen) atoms. The summed E-state index contributed by atoms with van der Waals surface area (Å²) >= 11 is 10.8. The maximum Gasteiger partial charge on any atom is 0.191 e. The first kappa shape index (κ1) is 18.2. The van der Waals surface area contributed by atoms with E-state index >= 15 is 0 Å². The molecule has 0 unspecified atom stereocenters. The maximum atomic E-state index is 12.3. The van der Waals surface area contributed by atoms with E-state index in [0.29, 0.717) is 22.9 Å². The Labute approximate surface area is 163 Å². The first-order valence-electron chi connectivity index (χ1n) is 7.69. The van der Waals surface area contributed by atoms with Crippen LogP contribution in [-0.2, 0) is 6.54 Å². The van der Waals surface area contributed by atoms with E-state index in [-0.39, 0.29) is 5.78 Å². The Hall–Kier alpha value is -1.63. The van der Waals surface area contributed by atoms with E-state index in [0.717, 1.165) is 21.0 Å². The molecule has 3 rings (SSSR count). The first-order valence-corrected chi connectivity index (χ1v) is 9.85. The summed E-state index contributed by atoms with van der Waals surface area (Å²) in [5, 5.41) is 9.90. The average molecular weight is 437 g/mol. The molecule has 4 nitrogen and oxygen atoms in total. The van der Waals surface area contributed by atoms with Gasteiger partial charge in [-0.2, -0.15) is 0 Å². The van der Waals surface area contributed by atoms with E-state index in [1.54, 1.807) is 0 Å². The van der Waals surface area contributed by atoms with E-state index in [9.17, 15) is 4.79 Å². The number of ketones is 1. The number of hydrogen-bond donors (Lipinski definition) is 0. The molecule has 0 saturated carbocycles. The van der Waals surface area contributed by atoms with Crippen LogP contribution in [0.3, 0.4) is 0 Å². The second-order valence-electron chi connectivity index (χ2n) is 5.28. The van der Waals surface area contributed by atoms with E-state index in [1.807, 2.05) is 60.0 Å². The molecule has 0 aliphatic heterocycles. The lowest BCUT2D eigenvalue weighted by Gasteiger charge is -2.07. The van der Waals surface area contributed by atoms with Gasteiger partial charge in [0.15, 0.2) is 16.8 Å². The third-order valence-corrected chi connectivity index (χ3v) is 5.34. The standard InChI is InChI=1S/C18H15BrClN3OS/c1-2-23-17(13-4-3-5-15(20)10-13)21-22-18(23)25-11-16(24)12-6-8-14(19)9-7-12/h3-10H,2,11H2,1H3. The molecule has 0 N–H and O–H groups in total. The summed E-state index contributed by atoms with van der Waals surface area (Å²) in [7, 11) is 0. The van der Waals surface area contributed by atoms with Crippen LogP contribution in [0.1, 0.15) is 17.3 Å². The lowest BCUT2D eigenvalue weighted by molar-refractivity contribution is 0.102. The fourth-order valence-electron chi connectivity index (χ4n) is 2.37. The Morgan fingerprint density at radius 3 is 2.64 bits per heavy atom. The van der Waals surface area contributed by atoms with Gasteiger partial charge in [-0.05, 0) is 31.2 Å². The smallest absolute Gasteiger partial charge is 0.191 e. The van der Waals surface area contributed by atoms with Gasteiger partial charge < -0.3 is 4.57 Å². The number of hydrogen-bond acceptors (Lipinski definition) is 4. The number of carbonyl (C=O) groups excluding carboxylic acids is 1. The van der Waals surface area contributed by atoms with Crippen molar-refractivity contribution in [1.29, 1.82) is 0 Å². The minimum Gasteiger partial charge on any atom is -0.302 e. The molecule has 0 aliphatic carbocycles. The van der Waals surface area contributed by atoms with Crippen molar-refractivity contribution in [3.05, 3.63) is 63.6 Å². The van der Waals surface area contributed by atoms with Crippen LogP contribution in [0.15, 0.2) is 58.2 Å². The summed E-state index contributed by atoms with van der Waals surface area (Å²) in [5.74, 6) is 1.13. The van der Waals surface area contributed by atoms with Gasteiger partial charge in [-0.1, -0.05) is 63.6 Å². The second kappa shape index (κ2) is 8.17. The van der Waals surface area contributed by atoms with Crippen molar-refractivity contribution in [2.24, 2.45) is 0 Å². The Morgan fingerprint density at radius 2 is 1.96 bits per heavy atom. The lowest BCUT2D eigenvalue weighted by atomic mass is 10.2. The molecule has 0 aliphatic rings. The van der Waals surface area contributed by atoms with E-state index < -0.39 is 0 Å². The van der Waals surface area contributed by atoms with Crippen molar-refractivity contribution in [1.82, 2.24) is 14.8 Å². The number of thioether (sulfide) groups is 1. The van der Waals surface area contributed by atoms with Crippen LogP contribution in [0.4, 0.5) is 0 Å². The molecule has 0 bridgehead atoms. The quantitative estimate of drug-likeness (QED) is 0.386. The van der Waals surface area contributed by atoms with Crippen molar-refractivity contribution in [2.45, 2.75) is 18.6 Å². The van der Waals surface area contributed by atoms with Crippen molar-refractivity contribution in [2.75, 3.05) is 5.75 Å². The average Bonchev–Trinajstić information content (AvgIpc) is 3.03. The SMILES string of the molecule is CCn1c(SCC(=O)c2ccc(Br)cc2)nnc1-c1cccc(Cl)c1. The predicted molar refractivity (Wildman–Crippen MR) is 105 cm³/mol. The van der Waals surface area contributed by atoms with Crippen LogP contribution in [0, 0.1) is 0 Å². The second-order valence-corrected chi connectivity index (χ2v) is 7.57. The number of nitrogens with zero attached hydrogens (tertiary/aromatic N) is 3. The summed E-state index contributed by atoms with van der Waals surface area (Å²) in [6.45, 7) is 2.74. The van der Waals surface area contributed by atoms with E-state index in [1.165, 1.54) is 11.8 Å². The summed E-state index contributed by atoms with van der Waals surface area (Å²) in [4.78, 5) is 12.3. The normalized spacial score (nSPS) is 10.8. The zero-order chi connectivity index (χ0) is 17.8. The molecule has 0 spiro atoms. The Balaban J connectivity index is 1.77. The molecule has 3 aromatic rings. The van der Waals surface area contributed by atoms with Crippen LogP contribution in [0.5, 0.6) is 0 Å². The lowest BCUT2D eigenvalue weighted by Crippen LogP contribution is -2.05. The fraction of sp³-hybridized carbons (Fsp3) is 0.167. The molecule has 0 fully saturated rings. The molecule has 0 saturated heterocycles. The van der Waals surface area contributed by atoms with Gasteiger partial charge in [0, 0.05) is 27.2 Å². The van der Waals surface area contributed by atoms with Gasteiger partial charge in [-0.15, -0.1) is 10.2 Å². The summed E-state index contributed by atoms with van der Waals surface area (Å²) in [5.41, 5.74) is 1.60. The van der Waals surface area contributed by atoms with Gasteiger partial charge in [0.25, 0.3) is 0 Å². The van der Waals surface area contributed by atoms with Crippen LogP contribution >= 0.6 is 39.3 Å². The Bertz CT molecular complexity index is 896. The van der Waals surface area contributed by atoms with Crippen LogP contribution in [0.25, 0.3) is 11.4 Å². The van der Waals surface area contributed by atoms with Gasteiger partial charge in [0.2, 0.25) is 0 Å². The van der Waals surface area contributed by atoms with Crippen molar-refractivity contribution in [3.63, 3.8) is 0 Å². The Morgan fingerprint density at radius 1 is 1.20 bits per heavy atom. The number of carbonyl (C=O) groups is 1. The number of halogens is 2. The molecule has 1 heterocycles. The van der Waals surface area contributed by atoms with Crippen molar-refractivity contribution < 1.29 is 4.79 Å². The maximum absolute atomic E-state index is 12.3. The van der Waals surface area contributed by atoms with Gasteiger partial charge in [0.05, 0.1) is 5.75 Å². The molecule has 0 radical (unpaired) electrons. The monoisotopic (exact) mass is 435 g/mol. The Kier molecular flexibility index (Phi) is 5.93. The van der Waals surface area contributed by atoms with Crippen LogP contribution < -0.4 is 0 Å². The third-order valence-electron chi connectivity index (χ3n) is 3.61. The minimum absolute atomic E-state index is 0.0625. The zero-order valence-electron chi connectivity index (χ0n) is 13.4. The number of Topliss-reactive ketones (excluding diaryl/α,β-unsaturated/α-hetero) is 1. The van der Waals surface area contributed by atoms with Crippen molar-refractivity contribution >= 4 is 45.1 Å². The highest BCUT2D eigenvalue weighted by Gasteiger charge is 2.15. The van der Waals surface area contributed by atoms with E-state index in [2.05, 4.69) is 26.1 Å². The highest BCUT2D eigenvalue weighted by molar-refractivity contribution is 9.10. The highest BCUT2D eigenvalue weighted by atomic mass is 79.9. The number of benzene rings is 2. The molecule has 1 aromatic heterocycles. The number of aromatic nitrogens is 3. The van der Waals surface area contributed by atoms with Crippen LogP contribution in [0.2, 0.25) is 5.02 Å². The fourth-order valence-corrected chi connectivity index (χ4v) is 3.72. The van der Waals surface area contributed by atoms with Crippen molar-refractivity contribution in [3.8, 4) is 11.4 Å². The van der Waals surface area contributed by atoms with Gasteiger partial charge in [0.1, 0.15) is 0 Å². The largest absolute Gasteiger partial charge is 0.302 e. The van der Waals surface area contributed by atoms with Crippen LogP contribution in [-0.4, -0.2) is 26.3 Å². The summed E-state index contributed by atoms with van der Waals surface area (Å²) in [6.07, 6.45) is 0. The molecular formula is C18H15BrClN3OS. The number of rotatable bonds is 6. The summed E-state index contributed by atoms with van der Waals surface area (Å²) in [6, 6.07) is 14.9. The minimum atomic E-state index is 0.0625. The molecule has 128 valence electrons. The van der Waals surface area contributed by atoms with E-state index in [4.69, 9.17) is 11.6 Å². The zero-order valence-corrected chi connectivity index (χ0v) is 16.6. The molecule has 0 atom stereocenters. The van der Waals surface area contributed by atoms with Gasteiger partial charge >= 0.3 is 0 Å². The highest BCUT2D eigenvalue weighted by Crippen LogP contribution is 2.26. The van der Waals surface area contributed by atoms with Gasteiger partial charge in [-0.25, -0.2) is 0 Å². The predicted octanol–water partition coefficient (Wildman–Crippen LogP) is 5.36. The summed E-state index contributed by atoms with van der Waals surface area (Å²) < 4.78 is 2.94. The molecule has 7 heteroatoms. The van der Waals surface area contributed by atoms with Gasteiger partial charge in [-0.3, -0.25) is 4.79 Å². The molecule has 2 aromatic carbocycles. The molecule has 0 amide bonds.